The normalized spacial score (nSPS) is 13.7. The van der Waals surface area contributed by atoms with Crippen LogP contribution < -0.4 is 10.9 Å². The highest BCUT2D eigenvalue weighted by atomic mass is 35.5. The molecular weight excluding hydrogens is 370 g/mol. The average Bonchev–Trinajstić information content (AvgIpc) is 3.45. The van der Waals surface area contributed by atoms with Gasteiger partial charge in [0.05, 0.1) is 27.4 Å². The Labute approximate surface area is 159 Å². The van der Waals surface area contributed by atoms with Crippen molar-refractivity contribution in [1.82, 2.24) is 14.9 Å². The van der Waals surface area contributed by atoms with Crippen LogP contribution in [0.1, 0.15) is 12.8 Å². The number of hydrogen-bond donors (Lipinski definition) is 1. The molecule has 0 saturated heterocycles. The van der Waals surface area contributed by atoms with Crippen molar-refractivity contribution in [3.8, 4) is 5.69 Å². The number of para-hydroxylation sites is 2. The largest absolute Gasteiger partial charge is 0.353 e. The summed E-state index contributed by atoms with van der Waals surface area (Å²) in [5.41, 5.74) is 0.960. The fourth-order valence-electron chi connectivity index (χ4n) is 2.68. The zero-order chi connectivity index (χ0) is 18.1. The number of aromatic nitrogens is 2. The van der Waals surface area contributed by atoms with Crippen molar-refractivity contribution >= 4 is 40.2 Å². The molecule has 0 aliphatic heterocycles. The van der Waals surface area contributed by atoms with Gasteiger partial charge in [-0.1, -0.05) is 47.6 Å². The summed E-state index contributed by atoms with van der Waals surface area (Å²) < 4.78 is 1.49. The van der Waals surface area contributed by atoms with Gasteiger partial charge in [0.1, 0.15) is 0 Å². The van der Waals surface area contributed by atoms with Gasteiger partial charge in [-0.15, -0.1) is 0 Å². The van der Waals surface area contributed by atoms with Crippen molar-refractivity contribution < 1.29 is 4.79 Å². The minimum Gasteiger partial charge on any atom is -0.353 e. The summed E-state index contributed by atoms with van der Waals surface area (Å²) in [5.74, 6) is 0.150. The quantitative estimate of drug-likeness (QED) is 0.540. The molecule has 0 radical (unpaired) electrons. The average molecular weight is 386 g/mol. The van der Waals surface area contributed by atoms with Crippen LogP contribution in [0, 0.1) is 0 Å². The highest BCUT2D eigenvalue weighted by Crippen LogP contribution is 2.26. The number of hydrogen-bond acceptors (Lipinski definition) is 4. The van der Waals surface area contributed by atoms with Gasteiger partial charge < -0.3 is 5.32 Å². The third-order valence-electron chi connectivity index (χ3n) is 4.11. The molecule has 1 fully saturated rings. The Morgan fingerprint density at radius 3 is 2.69 bits per heavy atom. The molecule has 1 aliphatic rings. The van der Waals surface area contributed by atoms with E-state index >= 15 is 0 Å². The number of fused-ring (bicyclic) bond motifs is 1. The highest BCUT2D eigenvalue weighted by Gasteiger charge is 2.23. The van der Waals surface area contributed by atoms with Crippen LogP contribution >= 0.6 is 23.4 Å². The maximum atomic E-state index is 13.1. The number of amides is 1. The third-order valence-corrected chi connectivity index (χ3v) is 5.37. The Bertz CT molecular complexity index is 1050. The summed E-state index contributed by atoms with van der Waals surface area (Å²) in [6.45, 7) is 0. The lowest BCUT2D eigenvalue weighted by molar-refractivity contribution is -0.118. The molecule has 26 heavy (non-hydrogen) atoms. The van der Waals surface area contributed by atoms with Gasteiger partial charge in [-0.05, 0) is 37.1 Å². The second-order valence-electron chi connectivity index (χ2n) is 6.13. The highest BCUT2D eigenvalue weighted by molar-refractivity contribution is 7.99. The summed E-state index contributed by atoms with van der Waals surface area (Å²) in [6, 6.07) is 14.6. The van der Waals surface area contributed by atoms with Crippen LogP contribution in [0.2, 0.25) is 5.02 Å². The fraction of sp³-hybridized carbons (Fsp3) is 0.211. The van der Waals surface area contributed by atoms with Gasteiger partial charge in [0, 0.05) is 6.04 Å². The topological polar surface area (TPSA) is 64.0 Å². The number of carbonyl (C=O) groups is 1. The van der Waals surface area contributed by atoms with Gasteiger partial charge in [0.25, 0.3) is 5.56 Å². The Kier molecular flexibility index (Phi) is 4.70. The molecule has 7 heteroatoms. The maximum Gasteiger partial charge on any atom is 0.266 e. The third kappa shape index (κ3) is 3.48. The van der Waals surface area contributed by atoms with Crippen LogP contribution in [0.25, 0.3) is 16.6 Å². The van der Waals surface area contributed by atoms with E-state index < -0.39 is 0 Å². The number of nitrogens with zero attached hydrogens (tertiary/aromatic N) is 2. The van der Waals surface area contributed by atoms with Gasteiger partial charge in [0.15, 0.2) is 5.16 Å². The second-order valence-corrected chi connectivity index (χ2v) is 7.48. The van der Waals surface area contributed by atoms with E-state index in [1.54, 1.807) is 36.4 Å². The zero-order valence-corrected chi connectivity index (χ0v) is 15.4. The molecule has 0 bridgehead atoms. The second kappa shape index (κ2) is 7.13. The van der Waals surface area contributed by atoms with Crippen molar-refractivity contribution in [2.24, 2.45) is 0 Å². The van der Waals surface area contributed by atoms with Crippen molar-refractivity contribution in [3.05, 3.63) is 63.9 Å². The van der Waals surface area contributed by atoms with Crippen molar-refractivity contribution in [3.63, 3.8) is 0 Å². The van der Waals surface area contributed by atoms with E-state index in [-0.39, 0.29) is 17.2 Å². The number of rotatable bonds is 5. The lowest BCUT2D eigenvalue weighted by Gasteiger charge is -2.14. The summed E-state index contributed by atoms with van der Waals surface area (Å²) >= 11 is 7.56. The van der Waals surface area contributed by atoms with Crippen LogP contribution in [0.5, 0.6) is 0 Å². The van der Waals surface area contributed by atoms with E-state index in [0.29, 0.717) is 32.8 Å². The van der Waals surface area contributed by atoms with E-state index in [9.17, 15) is 9.59 Å². The maximum absolute atomic E-state index is 13.1. The van der Waals surface area contributed by atoms with Gasteiger partial charge in [0.2, 0.25) is 5.91 Å². The van der Waals surface area contributed by atoms with Crippen LogP contribution in [0.15, 0.2) is 58.5 Å². The molecule has 1 amide bonds. The summed E-state index contributed by atoms with van der Waals surface area (Å²) in [7, 11) is 0. The molecular formula is C19H16ClN3O2S. The summed E-state index contributed by atoms with van der Waals surface area (Å²) in [6.07, 6.45) is 2.07. The molecule has 1 saturated carbocycles. The first-order valence-corrected chi connectivity index (χ1v) is 9.69. The van der Waals surface area contributed by atoms with Crippen LogP contribution in [-0.4, -0.2) is 27.3 Å². The Morgan fingerprint density at radius 2 is 1.92 bits per heavy atom. The number of thioether (sulfide) groups is 1. The Morgan fingerprint density at radius 1 is 1.19 bits per heavy atom. The molecule has 1 aliphatic carbocycles. The van der Waals surface area contributed by atoms with Crippen LogP contribution in [0.4, 0.5) is 0 Å². The lowest BCUT2D eigenvalue weighted by Crippen LogP contribution is -2.28. The molecule has 4 rings (SSSR count). The zero-order valence-electron chi connectivity index (χ0n) is 13.8. The Hall–Kier alpha value is -2.31. The van der Waals surface area contributed by atoms with E-state index in [0.717, 1.165) is 12.8 Å². The minimum absolute atomic E-state index is 0.0504. The fourth-order valence-corrected chi connectivity index (χ4v) is 3.72. The summed E-state index contributed by atoms with van der Waals surface area (Å²) in [4.78, 5) is 29.7. The number of benzene rings is 2. The minimum atomic E-state index is -0.200. The first-order chi connectivity index (χ1) is 12.6. The van der Waals surface area contributed by atoms with Crippen LogP contribution in [-0.2, 0) is 4.79 Å². The van der Waals surface area contributed by atoms with E-state index in [2.05, 4.69) is 10.3 Å². The van der Waals surface area contributed by atoms with Gasteiger partial charge in [-0.2, -0.15) is 0 Å². The molecule has 1 aromatic heterocycles. The smallest absolute Gasteiger partial charge is 0.266 e. The molecule has 0 unspecified atom stereocenters. The SMILES string of the molecule is O=C(CSc1nc2ccccc2c(=O)n1-c1ccccc1Cl)NC1CC1. The lowest BCUT2D eigenvalue weighted by atomic mass is 10.2. The van der Waals surface area contributed by atoms with Crippen molar-refractivity contribution in [2.45, 2.75) is 24.0 Å². The van der Waals surface area contributed by atoms with Crippen molar-refractivity contribution in [2.75, 3.05) is 5.75 Å². The van der Waals surface area contributed by atoms with Crippen molar-refractivity contribution in [1.29, 1.82) is 0 Å². The molecule has 2 aromatic carbocycles. The number of nitrogens with one attached hydrogen (secondary N) is 1. The van der Waals surface area contributed by atoms with E-state index in [4.69, 9.17) is 11.6 Å². The first kappa shape index (κ1) is 17.1. The van der Waals surface area contributed by atoms with Gasteiger partial charge >= 0.3 is 0 Å². The molecule has 1 N–H and O–H groups in total. The molecule has 0 atom stereocenters. The Balaban J connectivity index is 1.78. The monoisotopic (exact) mass is 385 g/mol. The predicted octanol–water partition coefficient (Wildman–Crippen LogP) is 3.41. The summed E-state index contributed by atoms with van der Waals surface area (Å²) in [5, 5.41) is 4.36. The van der Waals surface area contributed by atoms with E-state index in [1.165, 1.54) is 16.3 Å². The molecule has 3 aromatic rings. The van der Waals surface area contributed by atoms with E-state index in [1.807, 2.05) is 12.1 Å². The first-order valence-electron chi connectivity index (χ1n) is 8.32. The van der Waals surface area contributed by atoms with Gasteiger partial charge in [-0.3, -0.25) is 14.2 Å². The number of carbonyl (C=O) groups excluding carboxylic acids is 1. The molecule has 132 valence electrons. The standard InChI is InChI=1S/C19H16ClN3O2S/c20-14-6-2-4-8-16(14)23-18(25)13-5-1-3-7-15(13)22-19(23)26-11-17(24)21-12-9-10-12/h1-8,12H,9-11H2,(H,21,24). The molecule has 0 spiro atoms. The molecule has 1 heterocycles. The molecule has 5 nitrogen and oxygen atoms in total. The van der Waals surface area contributed by atoms with Crippen LogP contribution in [0.3, 0.4) is 0 Å². The van der Waals surface area contributed by atoms with Gasteiger partial charge in [-0.25, -0.2) is 4.98 Å². The number of halogens is 1. The predicted molar refractivity (Wildman–Crippen MR) is 104 cm³/mol.